The maximum atomic E-state index is 5.81. The van der Waals surface area contributed by atoms with Crippen LogP contribution in [0.5, 0.6) is 0 Å². The summed E-state index contributed by atoms with van der Waals surface area (Å²) in [4.78, 5) is 2.54. The molecule has 1 aliphatic heterocycles. The van der Waals surface area contributed by atoms with Crippen molar-refractivity contribution < 1.29 is 0 Å². The van der Waals surface area contributed by atoms with Gasteiger partial charge in [0.25, 0.3) is 0 Å². The molecule has 0 saturated carbocycles. The standard InChI is InChI=1S/C14H22N2.ClH/c1-11-5-3-6-12(2)14(11)10-16-8-4-7-13(16)9-15;/h3,5-6,13H,4,7-10,15H2,1-2H3;1H. The fourth-order valence-corrected chi connectivity index (χ4v) is 2.67. The van der Waals surface area contributed by atoms with Crippen LogP contribution in [0.1, 0.15) is 29.5 Å². The van der Waals surface area contributed by atoms with E-state index in [1.165, 1.54) is 36.1 Å². The summed E-state index contributed by atoms with van der Waals surface area (Å²) in [6.07, 6.45) is 2.56. The topological polar surface area (TPSA) is 29.3 Å². The minimum atomic E-state index is 0. The number of halogens is 1. The summed E-state index contributed by atoms with van der Waals surface area (Å²) >= 11 is 0. The van der Waals surface area contributed by atoms with E-state index < -0.39 is 0 Å². The van der Waals surface area contributed by atoms with E-state index in [0.29, 0.717) is 6.04 Å². The molecule has 0 aromatic heterocycles. The lowest BCUT2D eigenvalue weighted by Gasteiger charge is -2.24. The van der Waals surface area contributed by atoms with Gasteiger partial charge >= 0.3 is 0 Å². The first kappa shape index (κ1) is 14.5. The summed E-state index contributed by atoms with van der Waals surface area (Å²) < 4.78 is 0. The Morgan fingerprint density at radius 3 is 2.53 bits per heavy atom. The zero-order valence-electron chi connectivity index (χ0n) is 10.8. The van der Waals surface area contributed by atoms with E-state index in [1.807, 2.05) is 0 Å². The monoisotopic (exact) mass is 254 g/mol. The van der Waals surface area contributed by atoms with Gasteiger partial charge in [-0.05, 0) is 49.9 Å². The van der Waals surface area contributed by atoms with Crippen molar-refractivity contribution >= 4 is 12.4 Å². The van der Waals surface area contributed by atoms with Crippen molar-refractivity contribution in [3.63, 3.8) is 0 Å². The number of hydrogen-bond donors (Lipinski definition) is 1. The summed E-state index contributed by atoms with van der Waals surface area (Å²) in [6, 6.07) is 7.14. The Balaban J connectivity index is 0.00000144. The van der Waals surface area contributed by atoms with Gasteiger partial charge < -0.3 is 5.73 Å². The first-order valence-corrected chi connectivity index (χ1v) is 6.21. The third kappa shape index (κ3) is 3.21. The Labute approximate surface area is 111 Å². The van der Waals surface area contributed by atoms with E-state index in [9.17, 15) is 0 Å². The van der Waals surface area contributed by atoms with Crippen LogP contribution >= 0.6 is 12.4 Å². The van der Waals surface area contributed by atoms with Gasteiger partial charge in [0.1, 0.15) is 0 Å². The zero-order chi connectivity index (χ0) is 11.5. The minimum Gasteiger partial charge on any atom is -0.329 e. The lowest BCUT2D eigenvalue weighted by Crippen LogP contribution is -2.35. The van der Waals surface area contributed by atoms with Crippen LogP contribution in [0.25, 0.3) is 0 Å². The molecular formula is C14H23ClN2. The average Bonchev–Trinajstić information content (AvgIpc) is 2.71. The number of nitrogens with zero attached hydrogens (tertiary/aromatic N) is 1. The van der Waals surface area contributed by atoms with E-state index in [1.54, 1.807) is 0 Å². The van der Waals surface area contributed by atoms with E-state index in [0.717, 1.165) is 13.1 Å². The first-order valence-electron chi connectivity index (χ1n) is 6.21. The molecule has 17 heavy (non-hydrogen) atoms. The molecule has 1 unspecified atom stereocenters. The molecule has 2 N–H and O–H groups in total. The number of rotatable bonds is 3. The molecule has 0 spiro atoms. The highest BCUT2D eigenvalue weighted by Gasteiger charge is 2.23. The van der Waals surface area contributed by atoms with E-state index >= 15 is 0 Å². The molecule has 1 aromatic rings. The lowest BCUT2D eigenvalue weighted by atomic mass is 10.0. The number of nitrogens with two attached hydrogens (primary N) is 1. The molecule has 0 aliphatic carbocycles. The highest BCUT2D eigenvalue weighted by atomic mass is 35.5. The number of likely N-dealkylation sites (tertiary alicyclic amines) is 1. The second kappa shape index (κ2) is 6.39. The lowest BCUT2D eigenvalue weighted by molar-refractivity contribution is 0.249. The highest BCUT2D eigenvalue weighted by molar-refractivity contribution is 5.85. The van der Waals surface area contributed by atoms with E-state index in [2.05, 4.69) is 36.9 Å². The zero-order valence-corrected chi connectivity index (χ0v) is 11.6. The Bertz CT molecular complexity index is 345. The summed E-state index contributed by atoms with van der Waals surface area (Å²) in [6.45, 7) is 7.48. The van der Waals surface area contributed by atoms with Crippen LogP contribution in [0.2, 0.25) is 0 Å². The Hall–Kier alpha value is -0.570. The minimum absolute atomic E-state index is 0. The van der Waals surface area contributed by atoms with Gasteiger partial charge in [0.15, 0.2) is 0 Å². The predicted molar refractivity (Wildman–Crippen MR) is 75.7 cm³/mol. The maximum absolute atomic E-state index is 5.81. The highest BCUT2D eigenvalue weighted by Crippen LogP contribution is 2.22. The van der Waals surface area contributed by atoms with Crippen molar-refractivity contribution in [2.24, 2.45) is 5.73 Å². The van der Waals surface area contributed by atoms with Crippen molar-refractivity contribution in [1.82, 2.24) is 4.90 Å². The fraction of sp³-hybridized carbons (Fsp3) is 0.571. The van der Waals surface area contributed by atoms with Gasteiger partial charge in [-0.15, -0.1) is 12.4 Å². The molecular weight excluding hydrogens is 232 g/mol. The first-order chi connectivity index (χ1) is 7.72. The Kier molecular flexibility index (Phi) is 5.44. The molecule has 2 rings (SSSR count). The molecule has 3 heteroatoms. The maximum Gasteiger partial charge on any atom is 0.0242 e. The molecule has 1 fully saturated rings. The summed E-state index contributed by atoms with van der Waals surface area (Å²) in [5, 5.41) is 0. The quantitative estimate of drug-likeness (QED) is 0.899. The van der Waals surface area contributed by atoms with Gasteiger partial charge in [-0.2, -0.15) is 0 Å². The molecule has 1 atom stereocenters. The summed E-state index contributed by atoms with van der Waals surface area (Å²) in [5.41, 5.74) is 10.1. The van der Waals surface area contributed by atoms with Crippen LogP contribution in [0, 0.1) is 13.8 Å². The normalized spacial score (nSPS) is 20.3. The van der Waals surface area contributed by atoms with Gasteiger partial charge in [0.2, 0.25) is 0 Å². The van der Waals surface area contributed by atoms with Crippen molar-refractivity contribution in [2.75, 3.05) is 13.1 Å². The van der Waals surface area contributed by atoms with Crippen molar-refractivity contribution in [3.05, 3.63) is 34.9 Å². The van der Waals surface area contributed by atoms with Crippen LogP contribution in [-0.2, 0) is 6.54 Å². The predicted octanol–water partition coefficient (Wildman–Crippen LogP) is 2.65. The third-order valence-electron chi connectivity index (χ3n) is 3.78. The molecule has 0 radical (unpaired) electrons. The van der Waals surface area contributed by atoms with E-state index in [4.69, 9.17) is 5.73 Å². The number of benzene rings is 1. The molecule has 2 nitrogen and oxygen atoms in total. The summed E-state index contributed by atoms with van der Waals surface area (Å²) in [5.74, 6) is 0. The van der Waals surface area contributed by atoms with Crippen LogP contribution in [0.3, 0.4) is 0 Å². The number of hydrogen-bond acceptors (Lipinski definition) is 2. The van der Waals surface area contributed by atoms with Gasteiger partial charge in [0.05, 0.1) is 0 Å². The smallest absolute Gasteiger partial charge is 0.0242 e. The molecule has 0 bridgehead atoms. The van der Waals surface area contributed by atoms with Gasteiger partial charge in [-0.25, -0.2) is 0 Å². The molecule has 0 amide bonds. The van der Waals surface area contributed by atoms with Crippen LogP contribution in [0.4, 0.5) is 0 Å². The molecule has 1 aliphatic rings. The van der Waals surface area contributed by atoms with Crippen LogP contribution in [-0.4, -0.2) is 24.0 Å². The van der Waals surface area contributed by atoms with Crippen molar-refractivity contribution in [1.29, 1.82) is 0 Å². The molecule has 1 saturated heterocycles. The average molecular weight is 255 g/mol. The number of aryl methyl sites for hydroxylation is 2. The molecule has 1 aromatic carbocycles. The SMILES string of the molecule is Cc1cccc(C)c1CN1CCCC1CN.Cl. The molecule has 96 valence electrons. The second-order valence-electron chi connectivity index (χ2n) is 4.87. The largest absolute Gasteiger partial charge is 0.329 e. The Morgan fingerprint density at radius 2 is 1.94 bits per heavy atom. The molecule has 1 heterocycles. The van der Waals surface area contributed by atoms with Gasteiger partial charge in [-0.3, -0.25) is 4.90 Å². The van der Waals surface area contributed by atoms with Gasteiger partial charge in [0, 0.05) is 19.1 Å². The van der Waals surface area contributed by atoms with Gasteiger partial charge in [-0.1, -0.05) is 18.2 Å². The van der Waals surface area contributed by atoms with Crippen molar-refractivity contribution in [2.45, 2.75) is 39.3 Å². The fourth-order valence-electron chi connectivity index (χ4n) is 2.67. The Morgan fingerprint density at radius 1 is 1.29 bits per heavy atom. The second-order valence-corrected chi connectivity index (χ2v) is 4.87. The van der Waals surface area contributed by atoms with Crippen LogP contribution < -0.4 is 5.73 Å². The third-order valence-corrected chi connectivity index (χ3v) is 3.78. The summed E-state index contributed by atoms with van der Waals surface area (Å²) in [7, 11) is 0. The van der Waals surface area contributed by atoms with Crippen LogP contribution in [0.15, 0.2) is 18.2 Å². The van der Waals surface area contributed by atoms with E-state index in [-0.39, 0.29) is 12.4 Å². The van der Waals surface area contributed by atoms with Crippen molar-refractivity contribution in [3.8, 4) is 0 Å².